The molecule has 1 N–H and O–H groups in total. The molecule has 0 aliphatic heterocycles. The maximum Gasteiger partial charge on any atom is 0.344 e. The van der Waals surface area contributed by atoms with E-state index < -0.39 is 5.63 Å². The first-order valence-corrected chi connectivity index (χ1v) is 9.58. The van der Waals surface area contributed by atoms with Crippen molar-refractivity contribution in [1.82, 2.24) is 5.32 Å². The summed E-state index contributed by atoms with van der Waals surface area (Å²) in [6, 6.07) is 25.0. The molecule has 1 aromatic heterocycles. The highest BCUT2D eigenvalue weighted by Gasteiger charge is 2.21. The summed E-state index contributed by atoms with van der Waals surface area (Å²) in [4.78, 5) is 25.4. The summed E-state index contributed by atoms with van der Waals surface area (Å²) >= 11 is 0. The van der Waals surface area contributed by atoms with E-state index in [1.807, 2.05) is 73.7 Å². The number of carbonyl (C=O) groups is 1. The molecule has 4 rings (SSSR count). The second kappa shape index (κ2) is 8.15. The molecule has 0 saturated carbocycles. The van der Waals surface area contributed by atoms with Crippen LogP contribution in [-0.4, -0.2) is 12.5 Å². The molecule has 4 aromatic rings. The fraction of sp³-hybridized carbons (Fsp3) is 0.120. The van der Waals surface area contributed by atoms with E-state index in [1.54, 1.807) is 12.1 Å². The van der Waals surface area contributed by atoms with Gasteiger partial charge in [0.2, 0.25) is 5.76 Å². The van der Waals surface area contributed by atoms with Crippen molar-refractivity contribution in [3.8, 4) is 11.1 Å². The first-order valence-electron chi connectivity index (χ1n) is 9.58. The van der Waals surface area contributed by atoms with Crippen molar-refractivity contribution in [3.63, 3.8) is 0 Å². The van der Waals surface area contributed by atoms with Gasteiger partial charge in [-0.05, 0) is 30.5 Å². The molecular formula is C25H21NO3. The molecule has 0 spiro atoms. The van der Waals surface area contributed by atoms with Gasteiger partial charge >= 0.3 is 5.63 Å². The SMILES string of the molecule is Cc1ccc(-c2c(C(=O)NCCc3ccccc3)oc(=O)c3ccccc23)cc1. The summed E-state index contributed by atoms with van der Waals surface area (Å²) in [7, 11) is 0. The standard InChI is InChI=1S/C25H21NO3/c1-17-11-13-19(14-12-17)22-20-9-5-6-10-21(20)25(28)29-23(22)24(27)26-16-15-18-7-3-2-4-8-18/h2-14H,15-16H2,1H3,(H,26,27). The smallest absolute Gasteiger partial charge is 0.344 e. The highest BCUT2D eigenvalue weighted by atomic mass is 16.4. The Bertz CT molecular complexity index is 1210. The van der Waals surface area contributed by atoms with Gasteiger partial charge in [-0.1, -0.05) is 78.4 Å². The average molecular weight is 383 g/mol. The largest absolute Gasteiger partial charge is 0.416 e. The Morgan fingerprint density at radius 2 is 1.52 bits per heavy atom. The van der Waals surface area contributed by atoms with Crippen LogP contribution in [0.25, 0.3) is 21.9 Å². The van der Waals surface area contributed by atoms with Crippen molar-refractivity contribution < 1.29 is 9.21 Å². The Labute approximate surface area is 168 Å². The molecule has 1 amide bonds. The molecule has 29 heavy (non-hydrogen) atoms. The first kappa shape index (κ1) is 18.7. The zero-order chi connectivity index (χ0) is 20.2. The molecule has 0 atom stereocenters. The Hall–Kier alpha value is -3.66. The van der Waals surface area contributed by atoms with Gasteiger partial charge in [0.05, 0.1) is 5.39 Å². The summed E-state index contributed by atoms with van der Waals surface area (Å²) in [5, 5.41) is 4.06. The number of nitrogens with one attached hydrogen (secondary N) is 1. The number of hydrogen-bond acceptors (Lipinski definition) is 3. The molecular weight excluding hydrogens is 362 g/mol. The quantitative estimate of drug-likeness (QED) is 0.541. The number of carbonyl (C=O) groups excluding carboxylic acids is 1. The van der Waals surface area contributed by atoms with E-state index in [0.717, 1.165) is 16.7 Å². The van der Waals surface area contributed by atoms with Crippen LogP contribution in [0.3, 0.4) is 0 Å². The normalized spacial score (nSPS) is 10.8. The average Bonchev–Trinajstić information content (AvgIpc) is 2.75. The van der Waals surface area contributed by atoms with Gasteiger partial charge in [-0.2, -0.15) is 0 Å². The Kier molecular flexibility index (Phi) is 5.25. The van der Waals surface area contributed by atoms with Crippen LogP contribution < -0.4 is 10.9 Å². The van der Waals surface area contributed by atoms with E-state index in [9.17, 15) is 9.59 Å². The second-order valence-electron chi connectivity index (χ2n) is 7.00. The third kappa shape index (κ3) is 3.97. The highest BCUT2D eigenvalue weighted by Crippen LogP contribution is 2.30. The Morgan fingerprint density at radius 1 is 0.862 bits per heavy atom. The predicted molar refractivity (Wildman–Crippen MR) is 115 cm³/mol. The lowest BCUT2D eigenvalue weighted by Crippen LogP contribution is -2.27. The predicted octanol–water partition coefficient (Wildman–Crippen LogP) is 4.74. The number of fused-ring (bicyclic) bond motifs is 1. The van der Waals surface area contributed by atoms with Gasteiger partial charge < -0.3 is 9.73 Å². The zero-order valence-electron chi connectivity index (χ0n) is 16.1. The van der Waals surface area contributed by atoms with Gasteiger partial charge in [0.15, 0.2) is 0 Å². The van der Waals surface area contributed by atoms with Crippen LogP contribution in [0.5, 0.6) is 0 Å². The van der Waals surface area contributed by atoms with E-state index in [-0.39, 0.29) is 11.7 Å². The summed E-state index contributed by atoms with van der Waals surface area (Å²) < 4.78 is 5.50. The molecule has 3 aromatic carbocycles. The van der Waals surface area contributed by atoms with Gasteiger partial charge in [0.1, 0.15) is 0 Å². The zero-order valence-corrected chi connectivity index (χ0v) is 16.1. The molecule has 0 saturated heterocycles. The highest BCUT2D eigenvalue weighted by molar-refractivity contribution is 6.07. The van der Waals surface area contributed by atoms with E-state index in [1.165, 1.54) is 0 Å². The van der Waals surface area contributed by atoms with Gasteiger partial charge in [-0.25, -0.2) is 4.79 Å². The molecule has 0 fully saturated rings. The van der Waals surface area contributed by atoms with Crippen molar-refractivity contribution >= 4 is 16.7 Å². The molecule has 144 valence electrons. The lowest BCUT2D eigenvalue weighted by molar-refractivity contribution is 0.0923. The van der Waals surface area contributed by atoms with Crippen LogP contribution in [0, 0.1) is 6.92 Å². The molecule has 0 aliphatic rings. The van der Waals surface area contributed by atoms with Crippen LogP contribution in [0.2, 0.25) is 0 Å². The van der Waals surface area contributed by atoms with Crippen molar-refractivity contribution in [3.05, 3.63) is 106 Å². The van der Waals surface area contributed by atoms with Crippen molar-refractivity contribution in [1.29, 1.82) is 0 Å². The number of hydrogen-bond donors (Lipinski definition) is 1. The third-order valence-corrected chi connectivity index (χ3v) is 4.93. The first-order chi connectivity index (χ1) is 14.1. The fourth-order valence-corrected chi connectivity index (χ4v) is 3.41. The molecule has 0 radical (unpaired) electrons. The lowest BCUT2D eigenvalue weighted by Gasteiger charge is -2.12. The second-order valence-corrected chi connectivity index (χ2v) is 7.00. The molecule has 4 nitrogen and oxygen atoms in total. The van der Waals surface area contributed by atoms with Crippen LogP contribution >= 0.6 is 0 Å². The minimum absolute atomic E-state index is 0.0469. The van der Waals surface area contributed by atoms with Crippen LogP contribution in [0.15, 0.2) is 88.1 Å². The van der Waals surface area contributed by atoms with Gasteiger partial charge in [0, 0.05) is 17.5 Å². The summed E-state index contributed by atoms with van der Waals surface area (Å²) in [6.07, 6.45) is 0.699. The molecule has 1 heterocycles. The molecule has 0 aliphatic carbocycles. The maximum absolute atomic E-state index is 12.9. The summed E-state index contributed by atoms with van der Waals surface area (Å²) in [5.74, 6) is -0.343. The van der Waals surface area contributed by atoms with Gasteiger partial charge in [-0.15, -0.1) is 0 Å². The van der Waals surface area contributed by atoms with Crippen molar-refractivity contribution in [2.75, 3.05) is 6.54 Å². The van der Waals surface area contributed by atoms with Gasteiger partial charge in [-0.3, -0.25) is 4.79 Å². The topological polar surface area (TPSA) is 59.3 Å². The van der Waals surface area contributed by atoms with E-state index in [2.05, 4.69) is 5.32 Å². The van der Waals surface area contributed by atoms with Crippen LogP contribution in [0.4, 0.5) is 0 Å². The van der Waals surface area contributed by atoms with Crippen molar-refractivity contribution in [2.45, 2.75) is 13.3 Å². The minimum atomic E-state index is -0.510. The van der Waals surface area contributed by atoms with Gasteiger partial charge in [0.25, 0.3) is 5.91 Å². The van der Waals surface area contributed by atoms with E-state index in [0.29, 0.717) is 29.3 Å². The number of rotatable bonds is 5. The molecule has 0 unspecified atom stereocenters. The molecule has 0 bridgehead atoms. The number of aryl methyl sites for hydroxylation is 1. The van der Waals surface area contributed by atoms with Crippen molar-refractivity contribution in [2.24, 2.45) is 0 Å². The number of amides is 1. The van der Waals surface area contributed by atoms with E-state index >= 15 is 0 Å². The summed E-state index contributed by atoms with van der Waals surface area (Å²) in [5.41, 5.74) is 3.21. The lowest BCUT2D eigenvalue weighted by atomic mass is 9.97. The Morgan fingerprint density at radius 3 is 2.24 bits per heavy atom. The fourth-order valence-electron chi connectivity index (χ4n) is 3.41. The maximum atomic E-state index is 12.9. The Balaban J connectivity index is 1.72. The molecule has 4 heteroatoms. The van der Waals surface area contributed by atoms with Crippen LogP contribution in [0.1, 0.15) is 21.7 Å². The third-order valence-electron chi connectivity index (χ3n) is 4.93. The summed E-state index contributed by atoms with van der Waals surface area (Å²) in [6.45, 7) is 2.46. The van der Waals surface area contributed by atoms with E-state index in [4.69, 9.17) is 4.42 Å². The number of benzene rings is 3. The minimum Gasteiger partial charge on any atom is -0.416 e. The monoisotopic (exact) mass is 383 g/mol. The van der Waals surface area contributed by atoms with Crippen LogP contribution in [-0.2, 0) is 6.42 Å².